The number of nitrogens with zero attached hydrogens (tertiary/aromatic N) is 1. The Morgan fingerprint density at radius 3 is 1.65 bits per heavy atom. The molecule has 0 atom stereocenters. The molecule has 0 fully saturated rings. The quantitative estimate of drug-likeness (QED) is 0.166. The first-order valence-electron chi connectivity index (χ1n) is 18.4. The first-order valence-corrected chi connectivity index (χ1v) is 18.4. The summed E-state index contributed by atoms with van der Waals surface area (Å²) in [7, 11) is 0. The van der Waals surface area contributed by atoms with Crippen LogP contribution in [0.25, 0.3) is 77.2 Å². The lowest BCUT2D eigenvalue weighted by molar-refractivity contribution is 0.669. The van der Waals surface area contributed by atoms with E-state index < -0.39 is 0 Å². The minimum atomic E-state index is 0.901. The van der Waals surface area contributed by atoms with Crippen LogP contribution in [-0.2, 0) is 0 Å². The highest BCUT2D eigenvalue weighted by molar-refractivity contribution is 6.12. The van der Waals surface area contributed by atoms with E-state index in [2.05, 4.69) is 205 Å². The number of anilines is 3. The van der Waals surface area contributed by atoms with Gasteiger partial charge in [0.05, 0.1) is 5.69 Å². The van der Waals surface area contributed by atoms with Gasteiger partial charge in [0.25, 0.3) is 0 Å². The molecule has 0 N–H and O–H groups in total. The van der Waals surface area contributed by atoms with Crippen LogP contribution in [0.2, 0.25) is 0 Å². The predicted octanol–water partition coefficient (Wildman–Crippen LogP) is 14.9. The Morgan fingerprint density at radius 2 is 0.833 bits per heavy atom. The number of hydrogen-bond donors (Lipinski definition) is 0. The summed E-state index contributed by atoms with van der Waals surface area (Å²) in [6.07, 6.45) is 0. The van der Waals surface area contributed by atoms with E-state index >= 15 is 0 Å². The van der Waals surface area contributed by atoms with Crippen LogP contribution < -0.4 is 4.90 Å². The second-order valence-electron chi connectivity index (χ2n) is 13.7. The third kappa shape index (κ3) is 5.62. The summed E-state index contributed by atoms with van der Waals surface area (Å²) in [5.41, 5.74) is 14.5. The zero-order valence-corrected chi connectivity index (χ0v) is 29.6. The van der Waals surface area contributed by atoms with Gasteiger partial charge in [-0.2, -0.15) is 0 Å². The first kappa shape index (κ1) is 31.6. The lowest BCUT2D eigenvalue weighted by Crippen LogP contribution is -2.11. The molecule has 54 heavy (non-hydrogen) atoms. The Hall–Kier alpha value is -7.16. The third-order valence-electron chi connectivity index (χ3n) is 10.5. The fourth-order valence-electron chi connectivity index (χ4n) is 7.91. The highest BCUT2D eigenvalue weighted by Crippen LogP contribution is 2.44. The number of hydrogen-bond acceptors (Lipinski definition) is 2. The van der Waals surface area contributed by atoms with Gasteiger partial charge in [-0.05, 0) is 98.2 Å². The maximum absolute atomic E-state index is 6.24. The van der Waals surface area contributed by atoms with Gasteiger partial charge in [-0.15, -0.1) is 0 Å². The molecule has 0 aliphatic rings. The van der Waals surface area contributed by atoms with E-state index in [1.165, 1.54) is 33.0 Å². The van der Waals surface area contributed by atoms with Crippen molar-refractivity contribution in [3.63, 3.8) is 0 Å². The monoisotopic (exact) mass is 689 g/mol. The van der Waals surface area contributed by atoms with E-state index in [9.17, 15) is 0 Å². The van der Waals surface area contributed by atoms with Crippen LogP contribution in [0.5, 0.6) is 0 Å². The average Bonchev–Trinajstić information content (AvgIpc) is 3.64. The number of furan rings is 1. The van der Waals surface area contributed by atoms with Crippen LogP contribution in [-0.4, -0.2) is 0 Å². The van der Waals surface area contributed by atoms with Crippen molar-refractivity contribution in [3.8, 4) is 44.5 Å². The SMILES string of the molecule is c1ccc(-c2ccc(N(c3ccc(-c4cccc5oc6ccccc6c45)cc3)c3ccccc3-c3cccc(-c4cccc5ccccc45)c3)cc2)cc1. The molecule has 0 aliphatic carbocycles. The van der Waals surface area contributed by atoms with Crippen LogP contribution >= 0.6 is 0 Å². The highest BCUT2D eigenvalue weighted by Gasteiger charge is 2.19. The zero-order valence-electron chi connectivity index (χ0n) is 29.6. The normalized spacial score (nSPS) is 11.3. The maximum Gasteiger partial charge on any atom is 0.136 e. The van der Waals surface area contributed by atoms with Crippen molar-refractivity contribution in [2.75, 3.05) is 4.90 Å². The molecule has 0 spiro atoms. The molecular formula is C52H35NO. The van der Waals surface area contributed by atoms with Crippen molar-refractivity contribution in [3.05, 3.63) is 212 Å². The van der Waals surface area contributed by atoms with E-state index in [0.29, 0.717) is 0 Å². The number of para-hydroxylation sites is 2. The first-order chi connectivity index (χ1) is 26.8. The molecule has 0 saturated carbocycles. The highest BCUT2D eigenvalue weighted by atomic mass is 16.3. The van der Waals surface area contributed by atoms with E-state index in [-0.39, 0.29) is 0 Å². The van der Waals surface area contributed by atoms with Crippen LogP contribution in [0, 0.1) is 0 Å². The largest absolute Gasteiger partial charge is 0.456 e. The minimum Gasteiger partial charge on any atom is -0.456 e. The molecule has 0 aliphatic heterocycles. The number of rotatable bonds is 7. The van der Waals surface area contributed by atoms with Gasteiger partial charge in [0, 0.05) is 27.7 Å². The molecule has 9 aromatic carbocycles. The molecule has 10 aromatic rings. The molecule has 0 amide bonds. The van der Waals surface area contributed by atoms with Crippen LogP contribution in [0.15, 0.2) is 217 Å². The van der Waals surface area contributed by atoms with Gasteiger partial charge in [-0.1, -0.05) is 164 Å². The molecule has 2 nitrogen and oxygen atoms in total. The van der Waals surface area contributed by atoms with Gasteiger partial charge in [-0.3, -0.25) is 0 Å². The Labute approximate surface area is 314 Å². The molecule has 254 valence electrons. The average molecular weight is 690 g/mol. The predicted molar refractivity (Wildman–Crippen MR) is 228 cm³/mol. The summed E-state index contributed by atoms with van der Waals surface area (Å²) < 4.78 is 6.24. The molecule has 10 rings (SSSR count). The van der Waals surface area contributed by atoms with Gasteiger partial charge in [-0.25, -0.2) is 0 Å². The van der Waals surface area contributed by atoms with E-state index in [1.807, 2.05) is 12.1 Å². The van der Waals surface area contributed by atoms with E-state index in [1.54, 1.807) is 0 Å². The lowest BCUT2D eigenvalue weighted by atomic mass is 9.94. The maximum atomic E-state index is 6.24. The Bertz CT molecular complexity index is 2920. The number of benzene rings is 9. The van der Waals surface area contributed by atoms with Crippen molar-refractivity contribution in [2.24, 2.45) is 0 Å². The molecule has 0 radical (unpaired) electrons. The fraction of sp³-hybridized carbons (Fsp3) is 0. The van der Waals surface area contributed by atoms with E-state index in [4.69, 9.17) is 4.42 Å². The molecule has 1 aromatic heterocycles. The van der Waals surface area contributed by atoms with Crippen molar-refractivity contribution in [1.29, 1.82) is 0 Å². The third-order valence-corrected chi connectivity index (χ3v) is 10.5. The van der Waals surface area contributed by atoms with Gasteiger partial charge in [0.2, 0.25) is 0 Å². The van der Waals surface area contributed by atoms with Gasteiger partial charge < -0.3 is 9.32 Å². The van der Waals surface area contributed by atoms with Crippen molar-refractivity contribution in [2.45, 2.75) is 0 Å². The molecule has 0 saturated heterocycles. The second kappa shape index (κ2) is 13.4. The Balaban J connectivity index is 1.11. The fourth-order valence-corrected chi connectivity index (χ4v) is 7.91. The number of fused-ring (bicyclic) bond motifs is 4. The minimum absolute atomic E-state index is 0.901. The molecule has 2 heteroatoms. The van der Waals surface area contributed by atoms with Crippen molar-refractivity contribution in [1.82, 2.24) is 0 Å². The summed E-state index contributed by atoms with van der Waals surface area (Å²) >= 11 is 0. The zero-order chi connectivity index (χ0) is 35.8. The molecule has 1 heterocycles. The molecular weight excluding hydrogens is 655 g/mol. The summed E-state index contributed by atoms with van der Waals surface area (Å²) in [5, 5.41) is 4.77. The van der Waals surface area contributed by atoms with Crippen LogP contribution in [0.3, 0.4) is 0 Å². The van der Waals surface area contributed by atoms with Crippen LogP contribution in [0.4, 0.5) is 17.1 Å². The van der Waals surface area contributed by atoms with E-state index in [0.717, 1.165) is 61.3 Å². The standard InChI is InChI=1S/C52H35NO/c1-2-13-36(14-3-1)37-27-31-42(32-28-37)53(43-33-29-39(30-34-43)47-23-12-26-51-52(47)48-21-7-9-25-50(48)54-51)49-24-8-6-20-46(49)41-18-10-17-40(35-41)45-22-11-16-38-15-4-5-19-44(38)45/h1-35H. The Morgan fingerprint density at radius 1 is 0.315 bits per heavy atom. The van der Waals surface area contributed by atoms with Crippen molar-refractivity contribution < 1.29 is 4.42 Å². The molecule has 0 bridgehead atoms. The van der Waals surface area contributed by atoms with Gasteiger partial charge in [0.15, 0.2) is 0 Å². The van der Waals surface area contributed by atoms with Gasteiger partial charge in [0.1, 0.15) is 11.2 Å². The second-order valence-corrected chi connectivity index (χ2v) is 13.7. The lowest BCUT2D eigenvalue weighted by Gasteiger charge is -2.28. The van der Waals surface area contributed by atoms with Crippen molar-refractivity contribution >= 4 is 49.8 Å². The summed E-state index contributed by atoms with van der Waals surface area (Å²) in [4.78, 5) is 2.38. The van der Waals surface area contributed by atoms with Crippen LogP contribution in [0.1, 0.15) is 0 Å². The summed E-state index contributed by atoms with van der Waals surface area (Å²) in [6, 6.07) is 75.9. The smallest absolute Gasteiger partial charge is 0.136 e. The van der Waals surface area contributed by atoms with Gasteiger partial charge >= 0.3 is 0 Å². The topological polar surface area (TPSA) is 16.4 Å². The Kier molecular flexibility index (Phi) is 7.85. The molecule has 0 unspecified atom stereocenters. The summed E-state index contributed by atoms with van der Waals surface area (Å²) in [6.45, 7) is 0. The summed E-state index contributed by atoms with van der Waals surface area (Å²) in [5.74, 6) is 0.